The highest BCUT2D eigenvalue weighted by molar-refractivity contribution is 6.30. The third-order valence-corrected chi connectivity index (χ3v) is 4.23. The summed E-state index contributed by atoms with van der Waals surface area (Å²) < 4.78 is 1.74. The van der Waals surface area contributed by atoms with E-state index >= 15 is 0 Å². The Labute approximate surface area is 149 Å². The minimum atomic E-state index is -0.200. The van der Waals surface area contributed by atoms with E-state index in [0.717, 1.165) is 16.5 Å². The first kappa shape index (κ1) is 15.5. The van der Waals surface area contributed by atoms with Crippen LogP contribution in [0.4, 0.5) is 5.82 Å². The number of aromatic nitrogens is 3. The molecule has 4 aromatic rings. The van der Waals surface area contributed by atoms with Gasteiger partial charge in [-0.2, -0.15) is 5.10 Å². The van der Waals surface area contributed by atoms with E-state index in [1.165, 1.54) is 0 Å². The fourth-order valence-electron chi connectivity index (χ4n) is 2.71. The van der Waals surface area contributed by atoms with E-state index in [1.807, 2.05) is 54.6 Å². The Morgan fingerprint density at radius 2 is 1.92 bits per heavy atom. The van der Waals surface area contributed by atoms with E-state index in [9.17, 15) is 4.79 Å². The van der Waals surface area contributed by atoms with Crippen LogP contribution >= 0.6 is 11.6 Å². The predicted molar refractivity (Wildman–Crippen MR) is 99.0 cm³/mol. The summed E-state index contributed by atoms with van der Waals surface area (Å²) in [6.45, 7) is 0.548. The number of fused-ring (bicyclic) bond motifs is 1. The van der Waals surface area contributed by atoms with Gasteiger partial charge >= 0.3 is 0 Å². The molecule has 6 heteroatoms. The lowest BCUT2D eigenvalue weighted by Gasteiger charge is -2.08. The van der Waals surface area contributed by atoms with Gasteiger partial charge in [-0.3, -0.25) is 4.79 Å². The zero-order valence-corrected chi connectivity index (χ0v) is 14.0. The molecule has 0 radical (unpaired) electrons. The van der Waals surface area contributed by atoms with Gasteiger partial charge in [0.2, 0.25) is 0 Å². The molecule has 4 rings (SSSR count). The second-order valence-electron chi connectivity index (χ2n) is 5.72. The molecule has 2 heterocycles. The predicted octanol–water partition coefficient (Wildman–Crippen LogP) is 4.32. The molecule has 0 bridgehead atoms. The normalized spacial score (nSPS) is 10.9. The number of amides is 1. The van der Waals surface area contributed by atoms with Crippen LogP contribution in [0.5, 0.6) is 0 Å². The summed E-state index contributed by atoms with van der Waals surface area (Å²) >= 11 is 5.91. The molecule has 2 N–H and O–H groups in total. The molecule has 0 saturated carbocycles. The zero-order valence-electron chi connectivity index (χ0n) is 13.2. The van der Waals surface area contributed by atoms with Crippen molar-refractivity contribution in [2.75, 3.05) is 5.32 Å². The van der Waals surface area contributed by atoms with E-state index in [1.54, 1.807) is 16.9 Å². The number of carbonyl (C=O) groups excluding carboxylic acids is 1. The number of carbonyl (C=O) groups is 1. The average Bonchev–Trinajstić information content (AvgIpc) is 3.24. The fourth-order valence-corrected chi connectivity index (χ4v) is 2.83. The number of hydrogen-bond acceptors (Lipinski definition) is 2. The number of para-hydroxylation sites is 1. The van der Waals surface area contributed by atoms with Crippen molar-refractivity contribution < 1.29 is 4.79 Å². The van der Waals surface area contributed by atoms with E-state index in [4.69, 9.17) is 11.6 Å². The molecule has 25 heavy (non-hydrogen) atoms. The van der Waals surface area contributed by atoms with Gasteiger partial charge in [0.25, 0.3) is 5.91 Å². The molecule has 2 aromatic carbocycles. The van der Waals surface area contributed by atoms with Gasteiger partial charge in [-0.05, 0) is 29.8 Å². The van der Waals surface area contributed by atoms with E-state index in [2.05, 4.69) is 15.4 Å². The van der Waals surface area contributed by atoms with E-state index in [-0.39, 0.29) is 5.91 Å². The monoisotopic (exact) mass is 350 g/mol. The first-order valence-corrected chi connectivity index (χ1v) is 8.22. The van der Waals surface area contributed by atoms with Crippen LogP contribution in [-0.4, -0.2) is 20.7 Å². The fraction of sp³-hybridized carbons (Fsp3) is 0.0526. The maximum atomic E-state index is 12.5. The largest absolute Gasteiger partial charge is 0.351 e. The SMILES string of the molecule is O=C(Nc1ccnn1Cc1ccc(Cl)cc1)c1cc2ccccc2[nH]1. The Kier molecular flexibility index (Phi) is 3.99. The summed E-state index contributed by atoms with van der Waals surface area (Å²) in [4.78, 5) is 15.7. The molecule has 0 aliphatic rings. The summed E-state index contributed by atoms with van der Waals surface area (Å²) in [7, 11) is 0. The summed E-state index contributed by atoms with van der Waals surface area (Å²) in [6.07, 6.45) is 1.66. The second-order valence-corrected chi connectivity index (χ2v) is 6.16. The number of anilines is 1. The summed E-state index contributed by atoms with van der Waals surface area (Å²) in [5, 5.41) is 8.88. The van der Waals surface area contributed by atoms with Crippen molar-refractivity contribution in [1.29, 1.82) is 0 Å². The standard InChI is InChI=1S/C19H15ClN4O/c20-15-7-5-13(6-8-15)12-24-18(9-10-21-24)23-19(25)17-11-14-3-1-2-4-16(14)22-17/h1-11,22H,12H2,(H,23,25). The van der Waals surface area contributed by atoms with Crippen LogP contribution < -0.4 is 5.32 Å². The van der Waals surface area contributed by atoms with Crippen molar-refractivity contribution in [1.82, 2.24) is 14.8 Å². The lowest BCUT2D eigenvalue weighted by atomic mass is 10.2. The highest BCUT2D eigenvalue weighted by atomic mass is 35.5. The van der Waals surface area contributed by atoms with Crippen molar-refractivity contribution in [2.24, 2.45) is 0 Å². The first-order chi connectivity index (χ1) is 12.2. The lowest BCUT2D eigenvalue weighted by molar-refractivity contribution is 0.102. The minimum Gasteiger partial charge on any atom is -0.351 e. The molecule has 0 fully saturated rings. The second kappa shape index (κ2) is 6.45. The molecule has 0 aliphatic heterocycles. The molecular formula is C19H15ClN4O. The molecular weight excluding hydrogens is 336 g/mol. The van der Waals surface area contributed by atoms with Crippen LogP contribution in [-0.2, 0) is 6.54 Å². The zero-order chi connectivity index (χ0) is 17.2. The molecule has 2 aromatic heterocycles. The van der Waals surface area contributed by atoms with Crippen LogP contribution in [0.25, 0.3) is 10.9 Å². The molecule has 0 spiro atoms. The van der Waals surface area contributed by atoms with Gasteiger partial charge in [0, 0.05) is 22.0 Å². The van der Waals surface area contributed by atoms with E-state index < -0.39 is 0 Å². The molecule has 0 aliphatic carbocycles. The number of benzene rings is 2. The number of nitrogens with one attached hydrogen (secondary N) is 2. The maximum absolute atomic E-state index is 12.5. The minimum absolute atomic E-state index is 0.200. The van der Waals surface area contributed by atoms with Gasteiger partial charge in [0.15, 0.2) is 0 Å². The Balaban J connectivity index is 1.53. The maximum Gasteiger partial charge on any atom is 0.273 e. The van der Waals surface area contributed by atoms with Crippen LogP contribution in [0.1, 0.15) is 16.1 Å². The Morgan fingerprint density at radius 1 is 1.12 bits per heavy atom. The Bertz CT molecular complexity index is 1000. The number of H-pyrrole nitrogens is 1. The van der Waals surface area contributed by atoms with Crippen LogP contribution in [0.3, 0.4) is 0 Å². The Morgan fingerprint density at radius 3 is 2.72 bits per heavy atom. The number of rotatable bonds is 4. The van der Waals surface area contributed by atoms with Gasteiger partial charge in [-0.25, -0.2) is 4.68 Å². The molecule has 1 amide bonds. The van der Waals surface area contributed by atoms with E-state index in [0.29, 0.717) is 23.1 Å². The number of hydrogen-bond donors (Lipinski definition) is 2. The third-order valence-electron chi connectivity index (χ3n) is 3.98. The topological polar surface area (TPSA) is 62.7 Å². The molecule has 0 atom stereocenters. The van der Waals surface area contributed by atoms with Crippen LogP contribution in [0.2, 0.25) is 5.02 Å². The highest BCUT2D eigenvalue weighted by Crippen LogP contribution is 2.17. The summed E-state index contributed by atoms with van der Waals surface area (Å²) in [6, 6.07) is 18.9. The van der Waals surface area contributed by atoms with Gasteiger partial charge in [-0.15, -0.1) is 0 Å². The van der Waals surface area contributed by atoms with Gasteiger partial charge in [0.05, 0.1) is 12.7 Å². The molecule has 0 saturated heterocycles. The van der Waals surface area contributed by atoms with Gasteiger partial charge in [0.1, 0.15) is 11.5 Å². The highest BCUT2D eigenvalue weighted by Gasteiger charge is 2.12. The quantitative estimate of drug-likeness (QED) is 0.575. The molecule has 5 nitrogen and oxygen atoms in total. The van der Waals surface area contributed by atoms with Gasteiger partial charge < -0.3 is 10.3 Å². The van der Waals surface area contributed by atoms with Crippen molar-refractivity contribution in [3.63, 3.8) is 0 Å². The molecule has 124 valence electrons. The smallest absolute Gasteiger partial charge is 0.273 e. The van der Waals surface area contributed by atoms with Crippen molar-refractivity contribution >= 4 is 34.2 Å². The first-order valence-electron chi connectivity index (χ1n) is 7.84. The molecule has 0 unspecified atom stereocenters. The lowest BCUT2D eigenvalue weighted by Crippen LogP contribution is -2.16. The van der Waals surface area contributed by atoms with Crippen molar-refractivity contribution in [2.45, 2.75) is 6.54 Å². The van der Waals surface area contributed by atoms with Gasteiger partial charge in [-0.1, -0.05) is 41.9 Å². The summed E-state index contributed by atoms with van der Waals surface area (Å²) in [5.41, 5.74) is 2.50. The van der Waals surface area contributed by atoms with Crippen molar-refractivity contribution in [3.05, 3.63) is 83.1 Å². The third kappa shape index (κ3) is 3.27. The number of halogens is 1. The summed E-state index contributed by atoms with van der Waals surface area (Å²) in [5.74, 6) is 0.438. The van der Waals surface area contributed by atoms with Crippen LogP contribution in [0, 0.1) is 0 Å². The van der Waals surface area contributed by atoms with Crippen molar-refractivity contribution in [3.8, 4) is 0 Å². The van der Waals surface area contributed by atoms with Crippen LogP contribution in [0.15, 0.2) is 66.9 Å². The Hall–Kier alpha value is -3.05. The average molecular weight is 351 g/mol. The number of aromatic amines is 1. The number of nitrogens with zero attached hydrogens (tertiary/aromatic N) is 2.